The van der Waals surface area contributed by atoms with Crippen molar-refractivity contribution in [2.75, 3.05) is 25.6 Å². The van der Waals surface area contributed by atoms with E-state index in [9.17, 15) is 0 Å². The fraction of sp³-hybridized carbons (Fsp3) is 1.00. The highest BCUT2D eigenvalue weighted by Crippen LogP contribution is 2.16. The van der Waals surface area contributed by atoms with Crippen LogP contribution in [0.25, 0.3) is 0 Å². The summed E-state index contributed by atoms with van der Waals surface area (Å²) in [6.45, 7) is 0. The standard InChI is InChI=1S/C7H16N2S/c1-9(2)8-7-4-3-5-10-6-7/h7-8H,3-6H2,1-2H3. The van der Waals surface area contributed by atoms with Crippen molar-refractivity contribution in [3.05, 3.63) is 0 Å². The van der Waals surface area contributed by atoms with E-state index in [0.717, 1.165) is 0 Å². The van der Waals surface area contributed by atoms with Crippen LogP contribution in [0.15, 0.2) is 0 Å². The number of nitrogens with one attached hydrogen (secondary N) is 1. The minimum Gasteiger partial charge on any atom is -0.252 e. The van der Waals surface area contributed by atoms with Gasteiger partial charge in [-0.15, -0.1) is 0 Å². The van der Waals surface area contributed by atoms with Gasteiger partial charge in [0, 0.05) is 25.9 Å². The Morgan fingerprint density at radius 2 is 2.30 bits per heavy atom. The Morgan fingerprint density at radius 3 is 2.80 bits per heavy atom. The minimum atomic E-state index is 0.716. The van der Waals surface area contributed by atoms with E-state index in [1.165, 1.54) is 24.3 Å². The van der Waals surface area contributed by atoms with E-state index in [2.05, 4.69) is 36.3 Å². The van der Waals surface area contributed by atoms with Gasteiger partial charge in [0.15, 0.2) is 0 Å². The molecule has 2 nitrogen and oxygen atoms in total. The number of hydrogen-bond acceptors (Lipinski definition) is 3. The molecule has 0 saturated carbocycles. The van der Waals surface area contributed by atoms with Crippen molar-refractivity contribution in [1.82, 2.24) is 10.4 Å². The lowest BCUT2D eigenvalue weighted by atomic mass is 10.2. The molecule has 0 aromatic heterocycles. The van der Waals surface area contributed by atoms with Gasteiger partial charge in [0.05, 0.1) is 0 Å². The summed E-state index contributed by atoms with van der Waals surface area (Å²) in [4.78, 5) is 0. The summed E-state index contributed by atoms with van der Waals surface area (Å²) >= 11 is 2.06. The summed E-state index contributed by atoms with van der Waals surface area (Å²) in [5.74, 6) is 2.63. The van der Waals surface area contributed by atoms with Gasteiger partial charge >= 0.3 is 0 Å². The van der Waals surface area contributed by atoms with Gasteiger partial charge in [-0.05, 0) is 18.6 Å². The van der Waals surface area contributed by atoms with E-state index >= 15 is 0 Å². The van der Waals surface area contributed by atoms with Gasteiger partial charge < -0.3 is 0 Å². The third-order valence-corrected chi connectivity index (χ3v) is 2.82. The number of hydrazine groups is 1. The van der Waals surface area contributed by atoms with Crippen LogP contribution < -0.4 is 5.43 Å². The molecule has 1 fully saturated rings. The minimum absolute atomic E-state index is 0.716. The molecule has 1 unspecified atom stereocenters. The first-order chi connectivity index (χ1) is 4.79. The van der Waals surface area contributed by atoms with Crippen molar-refractivity contribution in [1.29, 1.82) is 0 Å². The van der Waals surface area contributed by atoms with Crippen molar-refractivity contribution in [2.24, 2.45) is 0 Å². The maximum Gasteiger partial charge on any atom is 0.0305 e. The molecule has 0 radical (unpaired) electrons. The molecule has 1 aliphatic heterocycles. The van der Waals surface area contributed by atoms with E-state index in [0.29, 0.717) is 6.04 Å². The molecule has 10 heavy (non-hydrogen) atoms. The summed E-state index contributed by atoms with van der Waals surface area (Å²) in [7, 11) is 4.11. The lowest BCUT2D eigenvalue weighted by Gasteiger charge is -2.25. The zero-order chi connectivity index (χ0) is 7.40. The lowest BCUT2D eigenvalue weighted by molar-refractivity contribution is 0.243. The Bertz CT molecular complexity index is 89.6. The fourth-order valence-corrected chi connectivity index (χ4v) is 2.27. The van der Waals surface area contributed by atoms with Crippen molar-refractivity contribution in [3.8, 4) is 0 Å². The molecule has 3 heteroatoms. The summed E-state index contributed by atoms with van der Waals surface area (Å²) in [5, 5.41) is 2.05. The van der Waals surface area contributed by atoms with E-state index in [1.807, 2.05) is 0 Å². The molecule has 1 aliphatic rings. The normalized spacial score (nSPS) is 27.3. The molecule has 1 atom stereocenters. The monoisotopic (exact) mass is 160 g/mol. The quantitative estimate of drug-likeness (QED) is 0.605. The predicted octanol–water partition coefficient (Wildman–Crippen LogP) is 0.948. The first kappa shape index (κ1) is 8.37. The number of thioether (sulfide) groups is 1. The van der Waals surface area contributed by atoms with E-state index < -0.39 is 0 Å². The highest BCUT2D eigenvalue weighted by atomic mass is 32.2. The summed E-state index contributed by atoms with van der Waals surface area (Å²) in [6, 6.07) is 0.716. The molecule has 1 N–H and O–H groups in total. The van der Waals surface area contributed by atoms with Crippen LogP contribution in [0.5, 0.6) is 0 Å². The van der Waals surface area contributed by atoms with E-state index in [-0.39, 0.29) is 0 Å². The van der Waals surface area contributed by atoms with Crippen LogP contribution in [0, 0.1) is 0 Å². The zero-order valence-electron chi connectivity index (χ0n) is 6.76. The van der Waals surface area contributed by atoms with Crippen molar-refractivity contribution < 1.29 is 0 Å². The molecule has 0 spiro atoms. The Kier molecular flexibility index (Phi) is 3.52. The first-order valence-electron chi connectivity index (χ1n) is 3.80. The molecule has 0 bridgehead atoms. The Balaban J connectivity index is 2.13. The van der Waals surface area contributed by atoms with Crippen LogP contribution in [0.1, 0.15) is 12.8 Å². The predicted molar refractivity (Wildman–Crippen MR) is 47.2 cm³/mol. The third-order valence-electron chi connectivity index (χ3n) is 1.60. The Morgan fingerprint density at radius 1 is 1.50 bits per heavy atom. The van der Waals surface area contributed by atoms with Crippen molar-refractivity contribution in [2.45, 2.75) is 18.9 Å². The maximum absolute atomic E-state index is 3.39. The molecule has 60 valence electrons. The summed E-state index contributed by atoms with van der Waals surface area (Å²) in [6.07, 6.45) is 2.71. The first-order valence-corrected chi connectivity index (χ1v) is 4.96. The van der Waals surface area contributed by atoms with Gasteiger partial charge in [0.25, 0.3) is 0 Å². The van der Waals surface area contributed by atoms with Crippen LogP contribution in [-0.2, 0) is 0 Å². The largest absolute Gasteiger partial charge is 0.252 e. The van der Waals surface area contributed by atoms with Crippen LogP contribution in [0.2, 0.25) is 0 Å². The van der Waals surface area contributed by atoms with Crippen molar-refractivity contribution >= 4 is 11.8 Å². The number of rotatable bonds is 2. The summed E-state index contributed by atoms with van der Waals surface area (Å²) < 4.78 is 0. The van der Waals surface area contributed by atoms with Crippen LogP contribution in [0.3, 0.4) is 0 Å². The molecule has 0 aromatic rings. The molecule has 0 amide bonds. The molecule has 1 rings (SSSR count). The summed E-state index contributed by atoms with van der Waals surface area (Å²) in [5.41, 5.74) is 3.39. The third kappa shape index (κ3) is 2.90. The van der Waals surface area contributed by atoms with E-state index in [1.54, 1.807) is 0 Å². The van der Waals surface area contributed by atoms with Gasteiger partial charge in [-0.3, -0.25) is 10.4 Å². The Labute approximate surface area is 67.3 Å². The van der Waals surface area contributed by atoms with Crippen LogP contribution >= 0.6 is 11.8 Å². The second-order valence-corrected chi connectivity index (χ2v) is 4.09. The van der Waals surface area contributed by atoms with Gasteiger partial charge in [0.1, 0.15) is 0 Å². The zero-order valence-corrected chi connectivity index (χ0v) is 7.58. The van der Waals surface area contributed by atoms with Crippen molar-refractivity contribution in [3.63, 3.8) is 0 Å². The average Bonchev–Trinajstić information content (AvgIpc) is 1.88. The lowest BCUT2D eigenvalue weighted by Crippen LogP contribution is -2.42. The SMILES string of the molecule is CN(C)NC1CCCSC1. The van der Waals surface area contributed by atoms with Gasteiger partial charge in [0.2, 0.25) is 0 Å². The second kappa shape index (κ2) is 4.21. The maximum atomic E-state index is 3.39. The van der Waals surface area contributed by atoms with Crippen LogP contribution in [0.4, 0.5) is 0 Å². The average molecular weight is 160 g/mol. The van der Waals surface area contributed by atoms with E-state index in [4.69, 9.17) is 0 Å². The smallest absolute Gasteiger partial charge is 0.0305 e. The molecule has 0 aliphatic carbocycles. The molecular formula is C7H16N2S. The topological polar surface area (TPSA) is 15.3 Å². The van der Waals surface area contributed by atoms with Crippen LogP contribution in [-0.4, -0.2) is 36.7 Å². The van der Waals surface area contributed by atoms with Gasteiger partial charge in [-0.25, -0.2) is 0 Å². The molecule has 0 aromatic carbocycles. The second-order valence-electron chi connectivity index (χ2n) is 2.94. The van der Waals surface area contributed by atoms with Gasteiger partial charge in [-0.1, -0.05) is 0 Å². The van der Waals surface area contributed by atoms with Gasteiger partial charge in [-0.2, -0.15) is 11.8 Å². The molecule has 1 heterocycles. The molecule has 1 saturated heterocycles. The Hall–Kier alpha value is 0.270. The highest BCUT2D eigenvalue weighted by Gasteiger charge is 2.12. The number of hydrogen-bond donors (Lipinski definition) is 1. The molecular weight excluding hydrogens is 144 g/mol. The highest BCUT2D eigenvalue weighted by molar-refractivity contribution is 7.99. The fourth-order valence-electron chi connectivity index (χ4n) is 1.21. The number of nitrogens with zero attached hydrogens (tertiary/aromatic N) is 1.